The van der Waals surface area contributed by atoms with Crippen LogP contribution < -0.4 is 16.0 Å². The molecule has 4 N–H and O–H groups in total. The van der Waals surface area contributed by atoms with Gasteiger partial charge in [-0.25, -0.2) is 14.8 Å². The number of hydrogen-bond donors (Lipinski definition) is 4. The maximum absolute atomic E-state index is 12.4. The van der Waals surface area contributed by atoms with Gasteiger partial charge in [0, 0.05) is 37.8 Å². The molecular weight excluding hydrogens is 418 g/mol. The first-order valence-electron chi connectivity index (χ1n) is 11.0. The smallest absolute Gasteiger partial charge is 0.317 e. The fraction of sp³-hybridized carbons (Fsp3) is 0.417. The van der Waals surface area contributed by atoms with Crippen molar-refractivity contribution >= 4 is 18.2 Å². The highest BCUT2D eigenvalue weighted by atomic mass is 16.5. The van der Waals surface area contributed by atoms with E-state index < -0.39 is 0 Å². The van der Waals surface area contributed by atoms with Gasteiger partial charge in [-0.2, -0.15) is 0 Å². The third-order valence-electron chi connectivity index (χ3n) is 5.09. The van der Waals surface area contributed by atoms with Crippen molar-refractivity contribution in [2.45, 2.75) is 45.9 Å². The minimum Gasteiger partial charge on any atom is -0.392 e. The third-order valence-corrected chi connectivity index (χ3v) is 5.09. The highest BCUT2D eigenvalue weighted by Crippen LogP contribution is 2.22. The van der Waals surface area contributed by atoms with Crippen molar-refractivity contribution in [2.75, 3.05) is 25.5 Å². The molecule has 3 rings (SSSR count). The Balaban J connectivity index is 1.58. The predicted octanol–water partition coefficient (Wildman–Crippen LogP) is 3.28. The van der Waals surface area contributed by atoms with Crippen molar-refractivity contribution in [3.05, 3.63) is 53.5 Å². The molecule has 0 atom stereocenters. The van der Waals surface area contributed by atoms with Gasteiger partial charge in [0.2, 0.25) is 5.95 Å². The Morgan fingerprint density at radius 1 is 1.30 bits per heavy atom. The number of amides is 2. The van der Waals surface area contributed by atoms with Gasteiger partial charge in [-0.1, -0.05) is 12.1 Å². The van der Waals surface area contributed by atoms with Crippen LogP contribution in [0.2, 0.25) is 0 Å². The van der Waals surface area contributed by atoms with Crippen LogP contribution in [0.25, 0.3) is 11.3 Å². The minimum atomic E-state index is -0.196. The maximum Gasteiger partial charge on any atom is 0.317 e. The van der Waals surface area contributed by atoms with Crippen molar-refractivity contribution < 1.29 is 9.53 Å². The molecule has 0 unspecified atom stereocenters. The number of aromatic nitrogens is 2. The zero-order valence-corrected chi connectivity index (χ0v) is 19.9. The molecule has 1 saturated heterocycles. The van der Waals surface area contributed by atoms with Crippen molar-refractivity contribution in [1.29, 1.82) is 5.41 Å². The van der Waals surface area contributed by atoms with E-state index in [1.54, 1.807) is 24.3 Å². The van der Waals surface area contributed by atoms with Crippen molar-refractivity contribution in [2.24, 2.45) is 0 Å². The van der Waals surface area contributed by atoms with Gasteiger partial charge in [-0.3, -0.25) is 0 Å². The molecule has 0 spiro atoms. The topological polar surface area (TPSA) is 115 Å². The maximum atomic E-state index is 12.4. The number of ether oxygens (including phenoxy) is 1. The first-order chi connectivity index (χ1) is 15.7. The Bertz CT molecular complexity index is 1020. The number of anilines is 1. The summed E-state index contributed by atoms with van der Waals surface area (Å²) in [7, 11) is 1.76. The molecule has 9 nitrogen and oxygen atoms in total. The first kappa shape index (κ1) is 24.2. The van der Waals surface area contributed by atoms with Crippen molar-refractivity contribution in [1.82, 2.24) is 25.5 Å². The molecule has 0 saturated carbocycles. The monoisotopic (exact) mass is 451 g/mol. The fourth-order valence-corrected chi connectivity index (χ4v) is 3.49. The highest BCUT2D eigenvalue weighted by Gasteiger charge is 2.33. The largest absolute Gasteiger partial charge is 0.392 e. The summed E-state index contributed by atoms with van der Waals surface area (Å²) < 4.78 is 5.89. The summed E-state index contributed by atoms with van der Waals surface area (Å²) in [4.78, 5) is 23.0. The van der Waals surface area contributed by atoms with Gasteiger partial charge in [-0.05, 0) is 51.0 Å². The van der Waals surface area contributed by atoms with E-state index in [1.807, 2.05) is 52.0 Å². The van der Waals surface area contributed by atoms with E-state index in [2.05, 4.69) is 25.9 Å². The molecule has 0 aliphatic carbocycles. The predicted molar refractivity (Wildman–Crippen MR) is 130 cm³/mol. The Kier molecular flexibility index (Phi) is 7.65. The summed E-state index contributed by atoms with van der Waals surface area (Å²) in [6.45, 7) is 9.79. The average molecular weight is 452 g/mol. The van der Waals surface area contributed by atoms with E-state index >= 15 is 0 Å². The Morgan fingerprint density at radius 3 is 2.70 bits per heavy atom. The van der Waals surface area contributed by atoms with Crippen LogP contribution in [0, 0.1) is 12.3 Å². The number of carbonyl (C=O) groups is 1. The molecule has 1 aromatic carbocycles. The van der Waals surface area contributed by atoms with Gasteiger partial charge in [0.1, 0.15) is 0 Å². The summed E-state index contributed by atoms with van der Waals surface area (Å²) in [5.41, 5.74) is 4.19. The fourth-order valence-electron chi connectivity index (χ4n) is 3.49. The van der Waals surface area contributed by atoms with Crippen molar-refractivity contribution in [3.63, 3.8) is 0 Å². The summed E-state index contributed by atoms with van der Waals surface area (Å²) in [6.07, 6.45) is 4.64. The second-order valence-electron chi connectivity index (χ2n) is 8.98. The Morgan fingerprint density at radius 2 is 2.06 bits per heavy atom. The van der Waals surface area contributed by atoms with E-state index in [1.165, 1.54) is 6.21 Å². The Labute approximate surface area is 195 Å². The molecule has 1 aromatic heterocycles. The molecule has 9 heteroatoms. The number of nitrogens with zero attached hydrogens (tertiary/aromatic N) is 3. The second kappa shape index (κ2) is 10.4. The van der Waals surface area contributed by atoms with E-state index in [4.69, 9.17) is 10.1 Å². The SMILES string of the molecule is CN/C=C(\C=N)Nc1nccc(-c2ccc(CNC(=O)N3CC(OC(C)(C)C)C3)c(C)c2)n1. The number of hydrogen-bond acceptors (Lipinski definition) is 7. The number of allylic oxidation sites excluding steroid dienone is 1. The lowest BCUT2D eigenvalue weighted by molar-refractivity contribution is -0.111. The van der Waals surface area contributed by atoms with Crippen molar-refractivity contribution in [3.8, 4) is 11.3 Å². The normalized spacial score (nSPS) is 14.5. The third kappa shape index (κ3) is 6.76. The molecule has 1 aliphatic heterocycles. The molecule has 1 fully saturated rings. The number of carbonyl (C=O) groups excluding carboxylic acids is 1. The molecule has 2 aromatic rings. The van der Waals surface area contributed by atoms with Crippen LogP contribution in [0.4, 0.5) is 10.7 Å². The number of aryl methyl sites for hydroxylation is 1. The number of likely N-dealkylation sites (tertiary alicyclic amines) is 1. The number of rotatable bonds is 8. The average Bonchev–Trinajstić information content (AvgIpc) is 2.74. The number of nitrogens with one attached hydrogen (secondary N) is 4. The van der Waals surface area contributed by atoms with Crippen LogP contribution in [0.15, 0.2) is 42.4 Å². The van der Waals surface area contributed by atoms with E-state index in [9.17, 15) is 4.79 Å². The van der Waals surface area contributed by atoms with Gasteiger partial charge in [-0.15, -0.1) is 0 Å². The zero-order valence-electron chi connectivity index (χ0n) is 19.9. The molecule has 0 bridgehead atoms. The molecule has 0 radical (unpaired) electrons. The van der Waals surface area contributed by atoms with Crippen LogP contribution in [0.5, 0.6) is 0 Å². The second-order valence-corrected chi connectivity index (χ2v) is 8.98. The van der Waals surface area contributed by atoms with Crippen LogP contribution in [0.1, 0.15) is 31.9 Å². The number of urea groups is 1. The molecule has 2 amide bonds. The van der Waals surface area contributed by atoms with Crippen LogP contribution in [-0.4, -0.2) is 59.0 Å². The van der Waals surface area contributed by atoms with E-state index in [0.29, 0.717) is 31.3 Å². The zero-order chi connectivity index (χ0) is 24.0. The van der Waals surface area contributed by atoms with Crippen LogP contribution in [-0.2, 0) is 11.3 Å². The summed E-state index contributed by atoms with van der Waals surface area (Å²) in [5.74, 6) is 0.412. The lowest BCUT2D eigenvalue weighted by atomic mass is 10.0. The summed E-state index contributed by atoms with van der Waals surface area (Å²) in [6, 6.07) is 7.80. The van der Waals surface area contributed by atoms with Gasteiger partial charge >= 0.3 is 6.03 Å². The first-order valence-corrected chi connectivity index (χ1v) is 11.0. The van der Waals surface area contributed by atoms with E-state index in [0.717, 1.165) is 22.4 Å². The van der Waals surface area contributed by atoms with Gasteiger partial charge < -0.3 is 31.0 Å². The van der Waals surface area contributed by atoms with Crippen LogP contribution >= 0.6 is 0 Å². The van der Waals surface area contributed by atoms with Gasteiger partial charge in [0.05, 0.1) is 36.2 Å². The molecule has 2 heterocycles. The lowest BCUT2D eigenvalue weighted by Gasteiger charge is -2.41. The van der Waals surface area contributed by atoms with E-state index in [-0.39, 0.29) is 17.7 Å². The van der Waals surface area contributed by atoms with Gasteiger partial charge in [0.15, 0.2) is 0 Å². The lowest BCUT2D eigenvalue weighted by Crippen LogP contribution is -2.59. The van der Waals surface area contributed by atoms with Crippen LogP contribution in [0.3, 0.4) is 0 Å². The minimum absolute atomic E-state index is 0.0737. The number of benzene rings is 1. The quantitative estimate of drug-likeness (QED) is 0.458. The molecule has 176 valence electrons. The summed E-state index contributed by atoms with van der Waals surface area (Å²) in [5, 5.41) is 16.3. The molecular formula is C24H33N7O2. The Hall–Kier alpha value is -3.46. The highest BCUT2D eigenvalue weighted by molar-refractivity contribution is 5.79. The summed E-state index contributed by atoms with van der Waals surface area (Å²) >= 11 is 0. The molecule has 1 aliphatic rings. The molecule has 33 heavy (non-hydrogen) atoms. The van der Waals surface area contributed by atoms with Gasteiger partial charge in [0.25, 0.3) is 0 Å². The standard InChI is InChI=1S/C24H33N7O2/c1-16-10-17(21-8-9-27-22(30-21)29-19(11-25)13-26-5)6-7-18(16)12-28-23(32)31-14-20(15-31)33-24(2,3)4/h6-11,13,20,25-26H,12,14-15H2,1-5H3,(H,28,32)(H,27,29,30)/b19-13+,25-11?.